The van der Waals surface area contributed by atoms with E-state index in [1.54, 1.807) is 37.3 Å². The summed E-state index contributed by atoms with van der Waals surface area (Å²) in [7, 11) is 1.37. The Balaban J connectivity index is 1.98. The van der Waals surface area contributed by atoms with Crippen molar-refractivity contribution in [2.45, 2.75) is 13.0 Å². The molecule has 2 rings (SSSR count). The highest BCUT2D eigenvalue weighted by atomic mass is 35.5. The second-order valence-electron chi connectivity index (χ2n) is 5.05. The van der Waals surface area contributed by atoms with Crippen LogP contribution >= 0.6 is 11.6 Å². The first-order chi connectivity index (χ1) is 11.4. The fourth-order valence-electron chi connectivity index (χ4n) is 2.02. The maximum Gasteiger partial charge on any atom is 0.313 e. The van der Waals surface area contributed by atoms with Gasteiger partial charge in [-0.1, -0.05) is 17.7 Å². The molecule has 7 heteroatoms. The first-order valence-corrected chi connectivity index (χ1v) is 7.49. The van der Waals surface area contributed by atoms with E-state index in [-0.39, 0.29) is 5.75 Å². The monoisotopic (exact) mass is 350 g/mol. The lowest BCUT2D eigenvalue weighted by Gasteiger charge is -2.15. The summed E-state index contributed by atoms with van der Waals surface area (Å²) in [5.41, 5.74) is 0.962. The number of hydrogen-bond donors (Lipinski definition) is 2. The van der Waals surface area contributed by atoms with Gasteiger partial charge in [-0.15, -0.1) is 0 Å². The molecule has 2 aromatic carbocycles. The van der Waals surface area contributed by atoms with Gasteiger partial charge in [0.15, 0.2) is 11.6 Å². The van der Waals surface area contributed by atoms with E-state index < -0.39 is 23.7 Å². The van der Waals surface area contributed by atoms with E-state index >= 15 is 0 Å². The van der Waals surface area contributed by atoms with Crippen LogP contribution in [-0.2, 0) is 9.59 Å². The SMILES string of the molecule is COc1ccc([C@H](C)NC(=O)C(=O)Nc2ccc(Cl)cc2)cc1F. The second-order valence-corrected chi connectivity index (χ2v) is 5.49. The van der Waals surface area contributed by atoms with E-state index in [0.717, 1.165) is 0 Å². The maximum absolute atomic E-state index is 13.7. The van der Waals surface area contributed by atoms with Crippen molar-refractivity contribution in [3.8, 4) is 5.75 Å². The summed E-state index contributed by atoms with van der Waals surface area (Å²) < 4.78 is 18.5. The Hall–Kier alpha value is -2.60. The fraction of sp³-hybridized carbons (Fsp3) is 0.176. The maximum atomic E-state index is 13.7. The zero-order valence-corrected chi connectivity index (χ0v) is 13.9. The zero-order chi connectivity index (χ0) is 17.7. The van der Waals surface area contributed by atoms with Crippen LogP contribution in [0, 0.1) is 5.82 Å². The number of amides is 2. The minimum atomic E-state index is -0.825. The van der Waals surface area contributed by atoms with Crippen molar-refractivity contribution in [1.29, 1.82) is 0 Å². The first-order valence-electron chi connectivity index (χ1n) is 7.11. The molecule has 0 unspecified atom stereocenters. The lowest BCUT2D eigenvalue weighted by Crippen LogP contribution is -2.36. The third kappa shape index (κ3) is 4.45. The summed E-state index contributed by atoms with van der Waals surface area (Å²) in [5.74, 6) is -2.08. The summed E-state index contributed by atoms with van der Waals surface area (Å²) in [6, 6.07) is 10.1. The van der Waals surface area contributed by atoms with Gasteiger partial charge >= 0.3 is 11.8 Å². The van der Waals surface area contributed by atoms with Crippen molar-refractivity contribution in [2.75, 3.05) is 12.4 Å². The number of rotatable bonds is 4. The Kier molecular flexibility index (Phi) is 5.76. The van der Waals surface area contributed by atoms with Gasteiger partial charge in [0, 0.05) is 10.7 Å². The van der Waals surface area contributed by atoms with Gasteiger partial charge in [0.2, 0.25) is 0 Å². The molecule has 0 radical (unpaired) electrons. The molecule has 2 N–H and O–H groups in total. The molecule has 5 nitrogen and oxygen atoms in total. The van der Waals surface area contributed by atoms with Crippen LogP contribution in [-0.4, -0.2) is 18.9 Å². The quantitative estimate of drug-likeness (QED) is 0.831. The zero-order valence-electron chi connectivity index (χ0n) is 13.1. The summed E-state index contributed by atoms with van der Waals surface area (Å²) in [6.07, 6.45) is 0. The molecule has 0 aliphatic heterocycles. The fourth-order valence-corrected chi connectivity index (χ4v) is 2.14. The minimum Gasteiger partial charge on any atom is -0.494 e. The molecule has 0 aliphatic carbocycles. The molecule has 0 saturated heterocycles. The summed E-state index contributed by atoms with van der Waals surface area (Å²) in [6.45, 7) is 1.65. The molecule has 24 heavy (non-hydrogen) atoms. The van der Waals surface area contributed by atoms with Gasteiger partial charge in [0.25, 0.3) is 0 Å². The Morgan fingerprint density at radius 3 is 2.38 bits per heavy atom. The Labute approximate surface area is 143 Å². The van der Waals surface area contributed by atoms with E-state index in [1.165, 1.54) is 19.2 Å². The van der Waals surface area contributed by atoms with Crippen molar-refractivity contribution in [3.05, 3.63) is 58.9 Å². The molecule has 1 atom stereocenters. The van der Waals surface area contributed by atoms with Crippen molar-refractivity contribution in [2.24, 2.45) is 0 Å². The van der Waals surface area contributed by atoms with Gasteiger partial charge < -0.3 is 15.4 Å². The molecule has 0 aliphatic rings. The third-order valence-corrected chi connectivity index (χ3v) is 3.58. The van der Waals surface area contributed by atoms with E-state index in [1.807, 2.05) is 0 Å². The number of ether oxygens (including phenoxy) is 1. The van der Waals surface area contributed by atoms with Crippen LogP contribution in [0.15, 0.2) is 42.5 Å². The standard InChI is InChI=1S/C17H16ClFN2O3/c1-10(11-3-8-15(24-2)14(19)9-11)20-16(22)17(23)21-13-6-4-12(18)5-7-13/h3-10H,1-2H3,(H,20,22)(H,21,23)/t10-/m0/s1. The second kappa shape index (κ2) is 7.79. The van der Waals surface area contributed by atoms with Gasteiger partial charge in [-0.3, -0.25) is 9.59 Å². The number of hydrogen-bond acceptors (Lipinski definition) is 3. The molecule has 0 fully saturated rings. The average molecular weight is 351 g/mol. The molecule has 0 heterocycles. The topological polar surface area (TPSA) is 67.4 Å². The molecule has 0 aromatic heterocycles. The summed E-state index contributed by atoms with van der Waals surface area (Å²) in [4.78, 5) is 23.8. The van der Waals surface area contributed by atoms with E-state index in [9.17, 15) is 14.0 Å². The average Bonchev–Trinajstić information content (AvgIpc) is 2.56. The molecule has 0 saturated carbocycles. The van der Waals surface area contributed by atoms with Crippen molar-refractivity contribution in [3.63, 3.8) is 0 Å². The van der Waals surface area contributed by atoms with Crippen molar-refractivity contribution >= 4 is 29.1 Å². The lowest BCUT2D eigenvalue weighted by molar-refractivity contribution is -0.136. The lowest BCUT2D eigenvalue weighted by atomic mass is 10.1. The van der Waals surface area contributed by atoms with Crippen LogP contribution in [0.3, 0.4) is 0 Å². The number of carbonyl (C=O) groups excluding carboxylic acids is 2. The van der Waals surface area contributed by atoms with E-state index in [0.29, 0.717) is 16.3 Å². The highest BCUT2D eigenvalue weighted by molar-refractivity contribution is 6.39. The molecule has 0 bridgehead atoms. The van der Waals surface area contributed by atoms with Crippen LogP contribution in [0.1, 0.15) is 18.5 Å². The third-order valence-electron chi connectivity index (χ3n) is 3.33. The van der Waals surface area contributed by atoms with Crippen LogP contribution in [0.5, 0.6) is 5.75 Å². The predicted molar refractivity (Wildman–Crippen MR) is 89.6 cm³/mol. The molecule has 0 spiro atoms. The van der Waals surface area contributed by atoms with Gasteiger partial charge in [-0.25, -0.2) is 4.39 Å². The number of methoxy groups -OCH3 is 1. The molecule has 2 amide bonds. The molecular formula is C17H16ClFN2O3. The number of benzene rings is 2. The normalized spacial score (nSPS) is 11.5. The van der Waals surface area contributed by atoms with Gasteiger partial charge in [-0.2, -0.15) is 0 Å². The van der Waals surface area contributed by atoms with Crippen LogP contribution in [0.25, 0.3) is 0 Å². The van der Waals surface area contributed by atoms with Crippen LogP contribution in [0.2, 0.25) is 5.02 Å². The minimum absolute atomic E-state index is 0.109. The van der Waals surface area contributed by atoms with E-state index in [4.69, 9.17) is 16.3 Å². The number of carbonyl (C=O) groups is 2. The van der Waals surface area contributed by atoms with Gasteiger partial charge in [-0.05, 0) is 48.9 Å². The molecule has 126 valence electrons. The van der Waals surface area contributed by atoms with E-state index in [2.05, 4.69) is 10.6 Å². The number of nitrogens with one attached hydrogen (secondary N) is 2. The molecular weight excluding hydrogens is 335 g/mol. The number of halogens is 2. The predicted octanol–water partition coefficient (Wildman–Crippen LogP) is 3.30. The van der Waals surface area contributed by atoms with Gasteiger partial charge in [0.05, 0.1) is 13.2 Å². The largest absolute Gasteiger partial charge is 0.494 e. The number of anilines is 1. The smallest absolute Gasteiger partial charge is 0.313 e. The van der Waals surface area contributed by atoms with Crippen LogP contribution < -0.4 is 15.4 Å². The van der Waals surface area contributed by atoms with Crippen molar-refractivity contribution < 1.29 is 18.7 Å². The first kappa shape index (κ1) is 17.7. The molecule has 2 aromatic rings. The summed E-state index contributed by atoms with van der Waals surface area (Å²) >= 11 is 5.75. The van der Waals surface area contributed by atoms with Crippen molar-refractivity contribution in [1.82, 2.24) is 5.32 Å². The van der Waals surface area contributed by atoms with Gasteiger partial charge in [0.1, 0.15) is 0 Å². The Morgan fingerprint density at radius 1 is 1.12 bits per heavy atom. The summed E-state index contributed by atoms with van der Waals surface area (Å²) in [5, 5.41) is 5.48. The Morgan fingerprint density at radius 2 is 1.79 bits per heavy atom. The van der Waals surface area contributed by atoms with Crippen LogP contribution in [0.4, 0.5) is 10.1 Å². The Bertz CT molecular complexity index is 750. The highest BCUT2D eigenvalue weighted by Crippen LogP contribution is 2.21. The highest BCUT2D eigenvalue weighted by Gasteiger charge is 2.18.